The normalized spacial score (nSPS) is 27.9. The van der Waals surface area contributed by atoms with Crippen molar-refractivity contribution in [3.05, 3.63) is 42.2 Å². The van der Waals surface area contributed by atoms with Gasteiger partial charge in [-0.1, -0.05) is 50.8 Å². The average molecular weight is 401 g/mol. The lowest BCUT2D eigenvalue weighted by Crippen LogP contribution is -2.17. The van der Waals surface area contributed by atoms with E-state index in [4.69, 9.17) is 4.74 Å². The Kier molecular flexibility index (Phi) is 9.57. The molecule has 2 heteroatoms. The third kappa shape index (κ3) is 7.46. The minimum atomic E-state index is 0.500. The van der Waals surface area contributed by atoms with Gasteiger partial charge in [0.2, 0.25) is 0 Å². The SMILES string of the molecule is CCCCCOc1ccc([C@H]2CC[C@H](CC[C@H]3CC[C@H](C=CF)CC3)CC2)cc1. The van der Waals surface area contributed by atoms with E-state index in [-0.39, 0.29) is 0 Å². The van der Waals surface area contributed by atoms with Crippen LogP contribution < -0.4 is 4.74 Å². The van der Waals surface area contributed by atoms with E-state index in [0.29, 0.717) is 5.92 Å². The van der Waals surface area contributed by atoms with Gasteiger partial charge in [0.15, 0.2) is 0 Å². The van der Waals surface area contributed by atoms with Gasteiger partial charge in [-0.25, -0.2) is 4.39 Å². The summed E-state index contributed by atoms with van der Waals surface area (Å²) >= 11 is 0. The van der Waals surface area contributed by atoms with E-state index in [9.17, 15) is 4.39 Å². The molecule has 0 N–H and O–H groups in total. The first-order valence-electron chi connectivity index (χ1n) is 12.3. The van der Waals surface area contributed by atoms with Crippen LogP contribution in [0.25, 0.3) is 0 Å². The summed E-state index contributed by atoms with van der Waals surface area (Å²) in [6.07, 6.45) is 19.4. The van der Waals surface area contributed by atoms with Crippen molar-refractivity contribution in [3.63, 3.8) is 0 Å². The lowest BCUT2D eigenvalue weighted by Gasteiger charge is -2.31. The van der Waals surface area contributed by atoms with E-state index in [1.54, 1.807) is 6.08 Å². The predicted molar refractivity (Wildman–Crippen MR) is 121 cm³/mol. The van der Waals surface area contributed by atoms with E-state index < -0.39 is 0 Å². The molecule has 0 atom stereocenters. The molecule has 0 radical (unpaired) electrons. The van der Waals surface area contributed by atoms with Crippen LogP contribution in [0.3, 0.4) is 0 Å². The number of rotatable bonds is 10. The van der Waals surface area contributed by atoms with Gasteiger partial charge in [0.1, 0.15) is 5.75 Å². The molecular weight excluding hydrogens is 359 g/mol. The zero-order chi connectivity index (χ0) is 20.3. The third-order valence-electron chi connectivity index (χ3n) is 7.43. The molecule has 0 aromatic heterocycles. The zero-order valence-corrected chi connectivity index (χ0v) is 18.5. The quantitative estimate of drug-likeness (QED) is 0.357. The number of ether oxygens (including phenoxy) is 1. The van der Waals surface area contributed by atoms with Gasteiger partial charge < -0.3 is 4.74 Å². The maximum absolute atomic E-state index is 12.3. The zero-order valence-electron chi connectivity index (χ0n) is 18.5. The third-order valence-corrected chi connectivity index (χ3v) is 7.43. The van der Waals surface area contributed by atoms with Crippen molar-refractivity contribution in [1.29, 1.82) is 0 Å². The number of halogens is 1. The molecule has 0 spiro atoms. The molecule has 1 aromatic carbocycles. The predicted octanol–water partition coefficient (Wildman–Crippen LogP) is 8.60. The van der Waals surface area contributed by atoms with Crippen molar-refractivity contribution < 1.29 is 9.13 Å². The summed E-state index contributed by atoms with van der Waals surface area (Å²) in [7, 11) is 0. The molecule has 2 fully saturated rings. The fourth-order valence-corrected chi connectivity index (χ4v) is 5.41. The topological polar surface area (TPSA) is 9.23 Å². The summed E-state index contributed by atoms with van der Waals surface area (Å²) in [6, 6.07) is 8.93. The van der Waals surface area contributed by atoms with Crippen LogP contribution in [0.1, 0.15) is 102 Å². The molecule has 0 saturated heterocycles. The minimum Gasteiger partial charge on any atom is -0.494 e. The lowest BCUT2D eigenvalue weighted by atomic mass is 9.74. The van der Waals surface area contributed by atoms with E-state index in [0.717, 1.165) is 42.9 Å². The molecule has 0 aliphatic heterocycles. The Morgan fingerprint density at radius 3 is 2.07 bits per heavy atom. The molecule has 2 saturated carbocycles. The summed E-state index contributed by atoms with van der Waals surface area (Å²) in [5.41, 5.74) is 1.50. The van der Waals surface area contributed by atoms with Crippen LogP contribution in [0.4, 0.5) is 4.39 Å². The molecule has 0 amide bonds. The summed E-state index contributed by atoms with van der Waals surface area (Å²) in [6.45, 7) is 3.06. The van der Waals surface area contributed by atoms with Crippen molar-refractivity contribution in [2.45, 2.75) is 96.3 Å². The van der Waals surface area contributed by atoms with Crippen LogP contribution >= 0.6 is 0 Å². The fraction of sp³-hybridized carbons (Fsp3) is 0.704. The highest BCUT2D eigenvalue weighted by Crippen LogP contribution is 2.40. The Hall–Kier alpha value is -1.31. The highest BCUT2D eigenvalue weighted by molar-refractivity contribution is 5.29. The molecular formula is C27H41FO. The Balaban J connectivity index is 1.33. The molecule has 3 rings (SSSR count). The van der Waals surface area contributed by atoms with Crippen molar-refractivity contribution in [2.75, 3.05) is 6.61 Å². The molecule has 162 valence electrons. The molecule has 1 aromatic rings. The monoisotopic (exact) mass is 400 g/mol. The minimum absolute atomic E-state index is 0.500. The summed E-state index contributed by atoms with van der Waals surface area (Å²) in [5.74, 6) is 4.08. The smallest absolute Gasteiger partial charge is 0.119 e. The number of hydrogen-bond acceptors (Lipinski definition) is 1. The van der Waals surface area contributed by atoms with E-state index >= 15 is 0 Å². The summed E-state index contributed by atoms with van der Waals surface area (Å²) < 4.78 is 18.2. The van der Waals surface area contributed by atoms with Crippen LogP contribution in [0.5, 0.6) is 5.75 Å². The standard InChI is InChI=1S/C27H41FO/c1-2-3-4-21-29-27-17-15-26(16-18-27)25-13-11-23(12-14-25)6-5-22-7-9-24(10-8-22)19-20-28/h15-20,22-25H,2-14,21H2,1H3/t22-,23-,24-,25-. The van der Waals surface area contributed by atoms with Gasteiger partial charge in [0.05, 0.1) is 12.9 Å². The number of benzene rings is 1. The largest absolute Gasteiger partial charge is 0.494 e. The van der Waals surface area contributed by atoms with Gasteiger partial charge >= 0.3 is 0 Å². The Bertz CT molecular complexity index is 577. The molecule has 1 nitrogen and oxygen atoms in total. The first kappa shape index (κ1) is 22.4. The van der Waals surface area contributed by atoms with Crippen molar-refractivity contribution in [2.24, 2.45) is 17.8 Å². The maximum Gasteiger partial charge on any atom is 0.119 e. The van der Waals surface area contributed by atoms with Gasteiger partial charge in [-0.05, 0) is 99.2 Å². The van der Waals surface area contributed by atoms with Crippen LogP contribution in [0.2, 0.25) is 0 Å². The van der Waals surface area contributed by atoms with Crippen molar-refractivity contribution >= 4 is 0 Å². The molecule has 0 unspecified atom stereocenters. The molecule has 0 heterocycles. The first-order chi connectivity index (χ1) is 14.3. The van der Waals surface area contributed by atoms with Crippen LogP contribution in [0, 0.1) is 17.8 Å². The van der Waals surface area contributed by atoms with Gasteiger partial charge in [-0.2, -0.15) is 0 Å². The van der Waals surface area contributed by atoms with Gasteiger partial charge in [0, 0.05) is 0 Å². The highest BCUT2D eigenvalue weighted by atomic mass is 19.1. The van der Waals surface area contributed by atoms with E-state index in [1.807, 2.05) is 0 Å². The molecule has 2 aliphatic rings. The number of allylic oxidation sites excluding steroid dienone is 1. The maximum atomic E-state index is 12.3. The first-order valence-corrected chi connectivity index (χ1v) is 12.3. The van der Waals surface area contributed by atoms with Gasteiger partial charge in [-0.15, -0.1) is 0 Å². The average Bonchev–Trinajstić information content (AvgIpc) is 2.77. The Labute approximate surface area is 178 Å². The van der Waals surface area contributed by atoms with E-state index in [2.05, 4.69) is 31.2 Å². The molecule has 2 aliphatic carbocycles. The van der Waals surface area contributed by atoms with Crippen LogP contribution in [-0.2, 0) is 0 Å². The Morgan fingerprint density at radius 1 is 0.862 bits per heavy atom. The van der Waals surface area contributed by atoms with Gasteiger partial charge in [0.25, 0.3) is 0 Å². The number of hydrogen-bond donors (Lipinski definition) is 0. The van der Waals surface area contributed by atoms with Crippen LogP contribution in [0.15, 0.2) is 36.7 Å². The van der Waals surface area contributed by atoms with Crippen molar-refractivity contribution in [3.8, 4) is 5.75 Å². The second-order valence-electron chi connectivity index (χ2n) is 9.52. The highest BCUT2D eigenvalue weighted by Gasteiger charge is 2.25. The molecule has 0 bridgehead atoms. The van der Waals surface area contributed by atoms with Crippen LogP contribution in [-0.4, -0.2) is 6.61 Å². The van der Waals surface area contributed by atoms with Crippen molar-refractivity contribution in [1.82, 2.24) is 0 Å². The second kappa shape index (κ2) is 12.4. The summed E-state index contributed by atoms with van der Waals surface area (Å²) in [5, 5.41) is 0. The lowest BCUT2D eigenvalue weighted by molar-refractivity contribution is 0.245. The second-order valence-corrected chi connectivity index (χ2v) is 9.52. The Morgan fingerprint density at radius 2 is 1.48 bits per heavy atom. The number of unbranched alkanes of at least 4 members (excludes halogenated alkanes) is 2. The van der Waals surface area contributed by atoms with Gasteiger partial charge in [-0.3, -0.25) is 0 Å². The summed E-state index contributed by atoms with van der Waals surface area (Å²) in [4.78, 5) is 0. The van der Waals surface area contributed by atoms with E-state index in [1.165, 1.54) is 82.6 Å². The molecule has 29 heavy (non-hydrogen) atoms. The fourth-order valence-electron chi connectivity index (χ4n) is 5.41.